The third-order valence-electron chi connectivity index (χ3n) is 2.46. The summed E-state index contributed by atoms with van der Waals surface area (Å²) in [5.41, 5.74) is 6.66. The van der Waals surface area contributed by atoms with Gasteiger partial charge in [-0.15, -0.1) is 0 Å². The molecule has 1 aromatic heterocycles. The van der Waals surface area contributed by atoms with Crippen LogP contribution in [0.25, 0.3) is 0 Å². The van der Waals surface area contributed by atoms with Crippen molar-refractivity contribution in [3.05, 3.63) is 42.0 Å². The Morgan fingerprint density at radius 3 is 2.83 bits per heavy atom. The Morgan fingerprint density at radius 2 is 2.22 bits per heavy atom. The highest BCUT2D eigenvalue weighted by Gasteiger charge is 2.09. The molecule has 0 aliphatic heterocycles. The van der Waals surface area contributed by atoms with Gasteiger partial charge in [0.25, 0.3) is 0 Å². The summed E-state index contributed by atoms with van der Waals surface area (Å²) in [5, 5.41) is 4.10. The van der Waals surface area contributed by atoms with Gasteiger partial charge in [0.15, 0.2) is 0 Å². The van der Waals surface area contributed by atoms with E-state index >= 15 is 0 Å². The first-order valence-electron chi connectivity index (χ1n) is 5.54. The number of nitrogens with zero attached hydrogens (tertiary/aromatic N) is 2. The van der Waals surface area contributed by atoms with E-state index in [2.05, 4.69) is 5.10 Å². The summed E-state index contributed by atoms with van der Waals surface area (Å²) in [6.07, 6.45) is 3.50. The summed E-state index contributed by atoms with van der Waals surface area (Å²) in [6.45, 7) is 2.74. The van der Waals surface area contributed by atoms with Crippen molar-refractivity contribution in [2.75, 3.05) is 5.73 Å². The number of nitrogens with two attached hydrogens (primary N) is 1. The van der Waals surface area contributed by atoms with E-state index in [-0.39, 0.29) is 5.69 Å². The Labute approximate surface area is 107 Å². The molecule has 2 N–H and O–H groups in total. The molecule has 0 radical (unpaired) electrons. The molecule has 1 heterocycles. The highest BCUT2D eigenvalue weighted by Crippen LogP contribution is 2.17. The minimum absolute atomic E-state index is 0.280. The van der Waals surface area contributed by atoms with E-state index in [0.29, 0.717) is 10.6 Å². The molecule has 0 saturated heterocycles. The van der Waals surface area contributed by atoms with Gasteiger partial charge in [0.2, 0.25) is 0 Å². The number of nitrogen functional groups attached to an aromatic ring is 1. The molecule has 2 rings (SSSR count). The fourth-order valence-electron chi connectivity index (χ4n) is 1.60. The highest BCUT2D eigenvalue weighted by molar-refractivity contribution is 7.84. The van der Waals surface area contributed by atoms with Gasteiger partial charge in [0, 0.05) is 28.9 Å². The molecule has 1 unspecified atom stereocenters. The first-order valence-corrected chi connectivity index (χ1v) is 6.86. The van der Waals surface area contributed by atoms with Crippen LogP contribution in [-0.4, -0.2) is 14.0 Å². The van der Waals surface area contributed by atoms with Crippen LogP contribution in [0, 0.1) is 5.82 Å². The number of rotatable bonds is 4. The van der Waals surface area contributed by atoms with Crippen molar-refractivity contribution in [1.82, 2.24) is 9.78 Å². The molecule has 6 heteroatoms. The highest BCUT2D eigenvalue weighted by atomic mass is 32.2. The van der Waals surface area contributed by atoms with E-state index in [1.54, 1.807) is 10.9 Å². The summed E-state index contributed by atoms with van der Waals surface area (Å²) in [5.74, 6) is -0.161. The Hall–Kier alpha value is -1.69. The van der Waals surface area contributed by atoms with Gasteiger partial charge < -0.3 is 5.73 Å². The lowest BCUT2D eigenvalue weighted by Gasteiger charge is -2.02. The van der Waals surface area contributed by atoms with Gasteiger partial charge in [-0.05, 0) is 25.1 Å². The SMILES string of the molecule is CCn1cc(CS(=O)c2cc(N)cc(F)c2)cn1. The van der Waals surface area contributed by atoms with Crippen molar-refractivity contribution in [2.45, 2.75) is 24.1 Å². The molecule has 0 aliphatic rings. The topological polar surface area (TPSA) is 60.9 Å². The number of aryl methyl sites for hydroxylation is 1. The molecular formula is C12H14FN3OS. The van der Waals surface area contributed by atoms with E-state index in [1.807, 2.05) is 13.1 Å². The molecule has 1 atom stereocenters. The fraction of sp³-hybridized carbons (Fsp3) is 0.250. The van der Waals surface area contributed by atoms with Crippen molar-refractivity contribution in [3.63, 3.8) is 0 Å². The number of hydrogen-bond donors (Lipinski definition) is 1. The lowest BCUT2D eigenvalue weighted by molar-refractivity contribution is 0.623. The Kier molecular flexibility index (Phi) is 3.76. The maximum atomic E-state index is 13.2. The Morgan fingerprint density at radius 1 is 1.44 bits per heavy atom. The predicted octanol–water partition coefficient (Wildman–Crippen LogP) is 1.93. The number of halogens is 1. The zero-order valence-corrected chi connectivity index (χ0v) is 10.8. The van der Waals surface area contributed by atoms with Gasteiger partial charge in [-0.2, -0.15) is 5.10 Å². The molecule has 0 amide bonds. The van der Waals surface area contributed by atoms with Crippen LogP contribution >= 0.6 is 0 Å². The van der Waals surface area contributed by atoms with Gasteiger partial charge in [-0.3, -0.25) is 8.89 Å². The van der Waals surface area contributed by atoms with Crippen LogP contribution < -0.4 is 5.73 Å². The molecule has 0 fully saturated rings. The molecule has 0 saturated carbocycles. The zero-order valence-electron chi connectivity index (χ0n) is 9.97. The van der Waals surface area contributed by atoms with Gasteiger partial charge in [0.1, 0.15) is 5.82 Å². The average Bonchev–Trinajstić information content (AvgIpc) is 2.75. The Bertz CT molecular complexity index is 562. The predicted molar refractivity (Wildman–Crippen MR) is 68.8 cm³/mol. The minimum Gasteiger partial charge on any atom is -0.399 e. The van der Waals surface area contributed by atoms with Gasteiger partial charge in [-0.1, -0.05) is 0 Å². The minimum atomic E-state index is -1.32. The summed E-state index contributed by atoms with van der Waals surface area (Å²) >= 11 is 0. The van der Waals surface area contributed by atoms with Gasteiger partial charge in [-0.25, -0.2) is 4.39 Å². The summed E-state index contributed by atoms with van der Waals surface area (Å²) < 4.78 is 27.0. The summed E-state index contributed by atoms with van der Waals surface area (Å²) in [7, 11) is -1.32. The number of aromatic nitrogens is 2. The molecule has 96 valence electrons. The lowest BCUT2D eigenvalue weighted by Crippen LogP contribution is -1.98. The van der Waals surface area contributed by atoms with E-state index < -0.39 is 16.6 Å². The molecule has 0 aliphatic carbocycles. The van der Waals surface area contributed by atoms with Crippen molar-refractivity contribution in [1.29, 1.82) is 0 Å². The quantitative estimate of drug-likeness (QED) is 0.861. The van der Waals surface area contributed by atoms with Crippen molar-refractivity contribution in [2.24, 2.45) is 0 Å². The van der Waals surface area contributed by atoms with Crippen LogP contribution in [0.3, 0.4) is 0 Å². The molecule has 18 heavy (non-hydrogen) atoms. The number of anilines is 1. The van der Waals surface area contributed by atoms with Crippen molar-refractivity contribution in [3.8, 4) is 0 Å². The van der Waals surface area contributed by atoms with Crippen LogP contribution in [0.15, 0.2) is 35.5 Å². The first kappa shape index (κ1) is 12.8. The van der Waals surface area contributed by atoms with Crippen LogP contribution in [0.4, 0.5) is 10.1 Å². The molecule has 4 nitrogen and oxygen atoms in total. The second-order valence-electron chi connectivity index (χ2n) is 3.91. The summed E-state index contributed by atoms with van der Waals surface area (Å²) in [4.78, 5) is 0.400. The molecular weight excluding hydrogens is 253 g/mol. The maximum Gasteiger partial charge on any atom is 0.126 e. The third-order valence-corrected chi connectivity index (χ3v) is 3.82. The zero-order chi connectivity index (χ0) is 13.1. The van der Waals surface area contributed by atoms with Crippen LogP contribution in [0.1, 0.15) is 12.5 Å². The molecule has 2 aromatic rings. The van der Waals surface area contributed by atoms with Crippen LogP contribution in [0.5, 0.6) is 0 Å². The van der Waals surface area contributed by atoms with E-state index in [4.69, 9.17) is 5.73 Å². The van der Waals surface area contributed by atoms with E-state index in [1.165, 1.54) is 18.2 Å². The number of benzene rings is 1. The van der Waals surface area contributed by atoms with Gasteiger partial charge in [0.05, 0.1) is 22.7 Å². The van der Waals surface area contributed by atoms with Crippen LogP contribution in [0.2, 0.25) is 0 Å². The monoisotopic (exact) mass is 267 g/mol. The molecule has 1 aromatic carbocycles. The standard InChI is InChI=1S/C12H14FN3OS/c1-2-16-7-9(6-15-16)8-18(17)12-4-10(13)3-11(14)5-12/h3-7H,2,8,14H2,1H3. The first-order chi connectivity index (χ1) is 8.58. The van der Waals surface area contributed by atoms with E-state index in [0.717, 1.165) is 12.1 Å². The second kappa shape index (κ2) is 5.30. The van der Waals surface area contributed by atoms with Crippen molar-refractivity contribution >= 4 is 16.5 Å². The third kappa shape index (κ3) is 2.95. The van der Waals surface area contributed by atoms with E-state index in [9.17, 15) is 8.60 Å². The second-order valence-corrected chi connectivity index (χ2v) is 5.37. The van der Waals surface area contributed by atoms with Crippen LogP contribution in [-0.2, 0) is 23.1 Å². The van der Waals surface area contributed by atoms with Gasteiger partial charge >= 0.3 is 0 Å². The number of hydrogen-bond acceptors (Lipinski definition) is 3. The summed E-state index contributed by atoms with van der Waals surface area (Å²) in [6, 6.07) is 3.98. The normalized spacial score (nSPS) is 12.6. The lowest BCUT2D eigenvalue weighted by atomic mass is 10.3. The maximum absolute atomic E-state index is 13.2. The largest absolute Gasteiger partial charge is 0.399 e. The fourth-order valence-corrected chi connectivity index (χ4v) is 2.73. The van der Waals surface area contributed by atoms with Crippen molar-refractivity contribution < 1.29 is 8.60 Å². The Balaban J connectivity index is 2.16. The smallest absolute Gasteiger partial charge is 0.126 e. The average molecular weight is 267 g/mol. The molecule has 0 spiro atoms. The molecule has 0 bridgehead atoms.